The van der Waals surface area contributed by atoms with Gasteiger partial charge in [0.25, 0.3) is 0 Å². The van der Waals surface area contributed by atoms with E-state index in [1.807, 2.05) is 24.3 Å². The monoisotopic (exact) mass is 377 g/mol. The second-order valence-corrected chi connectivity index (χ2v) is 7.39. The topological polar surface area (TPSA) is 83.1 Å². The second kappa shape index (κ2) is 10.0. The highest BCUT2D eigenvalue weighted by molar-refractivity contribution is 5.82. The summed E-state index contributed by atoms with van der Waals surface area (Å²) in [6.07, 6.45) is 2.20. The van der Waals surface area contributed by atoms with Crippen LogP contribution in [0.5, 0.6) is 5.75 Å². The van der Waals surface area contributed by atoms with Crippen LogP contribution in [-0.4, -0.2) is 74.1 Å². The number of benzene rings is 1. The van der Waals surface area contributed by atoms with E-state index in [4.69, 9.17) is 9.47 Å². The molecule has 0 radical (unpaired) electrons. The van der Waals surface area contributed by atoms with Crippen molar-refractivity contribution < 1.29 is 19.4 Å². The fraction of sp³-hybridized carbons (Fsp3) is 0.650. The Morgan fingerprint density at radius 2 is 2.22 bits per heavy atom. The number of β-amino-alcohol motifs (C(OH)–C–C–N with tert-alkyl or cyclic N) is 1. The first-order valence-corrected chi connectivity index (χ1v) is 9.80. The molecule has 7 nitrogen and oxygen atoms in total. The van der Waals surface area contributed by atoms with Crippen molar-refractivity contribution in [3.63, 3.8) is 0 Å². The van der Waals surface area contributed by atoms with E-state index in [2.05, 4.69) is 22.6 Å². The summed E-state index contributed by atoms with van der Waals surface area (Å²) in [7, 11) is 2.14. The number of aliphatic hydroxyl groups excluding tert-OH is 1. The van der Waals surface area contributed by atoms with Crippen LogP contribution in [0.4, 0.5) is 0 Å². The second-order valence-electron chi connectivity index (χ2n) is 7.39. The van der Waals surface area contributed by atoms with Gasteiger partial charge in [-0.3, -0.25) is 9.69 Å². The van der Waals surface area contributed by atoms with Gasteiger partial charge in [-0.2, -0.15) is 0 Å². The van der Waals surface area contributed by atoms with E-state index in [1.165, 1.54) is 0 Å². The van der Waals surface area contributed by atoms with E-state index in [-0.39, 0.29) is 11.9 Å². The number of nitrogens with zero attached hydrogens (tertiary/aromatic N) is 1. The Balaban J connectivity index is 1.39. The average Bonchev–Trinajstić information content (AvgIpc) is 3.13. The number of hydrogen-bond acceptors (Lipinski definition) is 6. The van der Waals surface area contributed by atoms with E-state index < -0.39 is 6.10 Å². The number of likely N-dealkylation sites (N-methyl/N-ethyl adjacent to an activating group) is 1. The van der Waals surface area contributed by atoms with Gasteiger partial charge in [0.05, 0.1) is 12.1 Å². The first kappa shape index (κ1) is 20.1. The Labute approximate surface area is 161 Å². The Hall–Kier alpha value is -1.67. The molecule has 3 N–H and O–H groups in total. The summed E-state index contributed by atoms with van der Waals surface area (Å²) in [5.74, 6) is 0.743. The molecule has 1 amide bonds. The number of aliphatic hydroxyl groups is 1. The normalized spacial score (nSPS) is 23.5. The summed E-state index contributed by atoms with van der Waals surface area (Å²) in [5.41, 5.74) is 0.997. The van der Waals surface area contributed by atoms with Crippen LogP contribution in [0, 0.1) is 0 Å². The lowest BCUT2D eigenvalue weighted by Crippen LogP contribution is -2.40. The number of rotatable bonds is 8. The van der Waals surface area contributed by atoms with Gasteiger partial charge in [0.2, 0.25) is 5.91 Å². The first-order valence-electron chi connectivity index (χ1n) is 9.80. The van der Waals surface area contributed by atoms with Crippen LogP contribution >= 0.6 is 0 Å². The van der Waals surface area contributed by atoms with E-state index in [9.17, 15) is 9.90 Å². The van der Waals surface area contributed by atoms with Gasteiger partial charge in [-0.1, -0.05) is 12.1 Å². The fourth-order valence-electron chi connectivity index (χ4n) is 3.59. The van der Waals surface area contributed by atoms with Crippen molar-refractivity contribution in [3.05, 3.63) is 29.8 Å². The maximum absolute atomic E-state index is 12.1. The lowest BCUT2D eigenvalue weighted by atomic mass is 10.1. The van der Waals surface area contributed by atoms with E-state index in [0.717, 1.165) is 43.9 Å². The first-order chi connectivity index (χ1) is 13.1. The van der Waals surface area contributed by atoms with E-state index >= 15 is 0 Å². The van der Waals surface area contributed by atoms with Gasteiger partial charge in [0.15, 0.2) is 0 Å². The van der Waals surface area contributed by atoms with Crippen LogP contribution < -0.4 is 15.4 Å². The maximum atomic E-state index is 12.1. The minimum Gasteiger partial charge on any atom is -0.492 e. The Morgan fingerprint density at radius 1 is 1.41 bits per heavy atom. The third-order valence-corrected chi connectivity index (χ3v) is 5.32. The van der Waals surface area contributed by atoms with E-state index in [1.54, 1.807) is 0 Å². The van der Waals surface area contributed by atoms with Crippen molar-refractivity contribution in [1.29, 1.82) is 0 Å². The van der Waals surface area contributed by atoms with Crippen molar-refractivity contribution in [2.24, 2.45) is 0 Å². The van der Waals surface area contributed by atoms with Gasteiger partial charge in [-0.25, -0.2) is 0 Å². The molecule has 7 heteroatoms. The van der Waals surface area contributed by atoms with Gasteiger partial charge in [-0.15, -0.1) is 0 Å². The molecule has 1 aromatic rings. The Kier molecular flexibility index (Phi) is 7.46. The highest BCUT2D eigenvalue weighted by atomic mass is 16.5. The standard InChI is InChI=1S/C20H31N3O4/c1-23(16-5-8-26-9-6-16)7-10-27-18-4-2-3-15(11-18)13-22-20(25)19-12-17(24)14-21-19/h2-4,11,16-17,19,21,24H,5-10,12-14H2,1H3,(H,22,25). The lowest BCUT2D eigenvalue weighted by molar-refractivity contribution is -0.123. The summed E-state index contributed by atoms with van der Waals surface area (Å²) < 4.78 is 11.3. The van der Waals surface area contributed by atoms with Crippen molar-refractivity contribution >= 4 is 5.91 Å². The molecule has 3 rings (SSSR count). The van der Waals surface area contributed by atoms with E-state index in [0.29, 0.717) is 32.2 Å². The molecule has 2 atom stereocenters. The van der Waals surface area contributed by atoms with Crippen LogP contribution in [0.3, 0.4) is 0 Å². The van der Waals surface area contributed by atoms with Crippen molar-refractivity contribution in [3.8, 4) is 5.75 Å². The smallest absolute Gasteiger partial charge is 0.237 e. The highest BCUT2D eigenvalue weighted by Gasteiger charge is 2.27. The Morgan fingerprint density at radius 3 is 2.96 bits per heavy atom. The predicted molar refractivity (Wildman–Crippen MR) is 103 cm³/mol. The zero-order chi connectivity index (χ0) is 19.1. The van der Waals surface area contributed by atoms with Crippen LogP contribution in [0.1, 0.15) is 24.8 Å². The zero-order valence-electron chi connectivity index (χ0n) is 16.0. The largest absolute Gasteiger partial charge is 0.492 e. The summed E-state index contributed by atoms with van der Waals surface area (Å²) in [6, 6.07) is 8.08. The molecular formula is C20H31N3O4. The molecule has 27 heavy (non-hydrogen) atoms. The van der Waals surface area contributed by atoms with Crippen LogP contribution in [0.15, 0.2) is 24.3 Å². The molecule has 0 bridgehead atoms. The maximum Gasteiger partial charge on any atom is 0.237 e. The molecule has 150 valence electrons. The molecule has 2 aliphatic rings. The highest BCUT2D eigenvalue weighted by Crippen LogP contribution is 2.15. The number of ether oxygens (including phenoxy) is 2. The molecule has 2 aliphatic heterocycles. The number of carbonyl (C=O) groups excluding carboxylic acids is 1. The minimum absolute atomic E-state index is 0.0732. The molecule has 2 heterocycles. The van der Waals surface area contributed by atoms with Crippen molar-refractivity contribution in [1.82, 2.24) is 15.5 Å². The molecule has 0 spiro atoms. The number of hydrogen-bond donors (Lipinski definition) is 3. The summed E-state index contributed by atoms with van der Waals surface area (Å²) in [5, 5.41) is 15.4. The third kappa shape index (κ3) is 6.17. The van der Waals surface area contributed by atoms with Crippen molar-refractivity contribution in [2.45, 2.75) is 44.0 Å². The van der Waals surface area contributed by atoms with Crippen LogP contribution in [0.25, 0.3) is 0 Å². The zero-order valence-corrected chi connectivity index (χ0v) is 16.0. The van der Waals surface area contributed by atoms with Crippen LogP contribution in [-0.2, 0) is 16.1 Å². The number of nitrogens with one attached hydrogen (secondary N) is 2. The van der Waals surface area contributed by atoms with Crippen LogP contribution in [0.2, 0.25) is 0 Å². The third-order valence-electron chi connectivity index (χ3n) is 5.32. The molecule has 2 fully saturated rings. The molecule has 2 unspecified atom stereocenters. The molecule has 0 aliphatic carbocycles. The molecule has 0 aromatic heterocycles. The number of amides is 1. The molecular weight excluding hydrogens is 346 g/mol. The summed E-state index contributed by atoms with van der Waals surface area (Å²) >= 11 is 0. The number of carbonyl (C=O) groups is 1. The summed E-state index contributed by atoms with van der Waals surface area (Å²) in [4.78, 5) is 14.5. The quantitative estimate of drug-likeness (QED) is 0.613. The molecule has 0 saturated carbocycles. The minimum atomic E-state index is -0.434. The van der Waals surface area contributed by atoms with Gasteiger partial charge in [0.1, 0.15) is 12.4 Å². The molecule has 1 aromatic carbocycles. The van der Waals surface area contributed by atoms with Gasteiger partial charge in [-0.05, 0) is 44.0 Å². The lowest BCUT2D eigenvalue weighted by Gasteiger charge is -2.31. The van der Waals surface area contributed by atoms with Gasteiger partial charge < -0.3 is 25.2 Å². The SMILES string of the molecule is CN(CCOc1cccc(CNC(=O)C2CC(O)CN2)c1)C1CCOCC1. The Bertz CT molecular complexity index is 607. The molecule has 2 saturated heterocycles. The fourth-order valence-corrected chi connectivity index (χ4v) is 3.59. The predicted octanol–water partition coefficient (Wildman–Crippen LogP) is 0.515. The average molecular weight is 377 g/mol. The summed E-state index contributed by atoms with van der Waals surface area (Å²) in [6.45, 7) is 4.13. The van der Waals surface area contributed by atoms with Crippen molar-refractivity contribution in [2.75, 3.05) is 40.0 Å². The van der Waals surface area contributed by atoms with Gasteiger partial charge >= 0.3 is 0 Å². The van der Waals surface area contributed by atoms with Gasteiger partial charge in [0, 0.05) is 38.9 Å².